The second-order valence-corrected chi connectivity index (χ2v) is 5.45. The van der Waals surface area contributed by atoms with Gasteiger partial charge in [0.2, 0.25) is 0 Å². The molecular formula is C14H19N5OS. The number of likely N-dealkylation sites (N-methyl/N-ethyl adjacent to an activating group) is 1. The number of H-pyrrole nitrogens is 1. The highest BCUT2D eigenvalue weighted by Crippen LogP contribution is 2.16. The highest BCUT2D eigenvalue weighted by atomic mass is 32.1. The molecule has 1 atom stereocenters. The number of pyridine rings is 1. The van der Waals surface area contributed by atoms with E-state index in [1.807, 2.05) is 22.8 Å². The average Bonchev–Trinajstić information content (AvgIpc) is 2.89. The second kappa shape index (κ2) is 6.46. The van der Waals surface area contributed by atoms with E-state index in [1.54, 1.807) is 6.20 Å². The zero-order valence-corrected chi connectivity index (χ0v) is 12.8. The Bertz CT molecular complexity index is 638. The summed E-state index contributed by atoms with van der Waals surface area (Å²) in [6.45, 7) is 6.59. The van der Waals surface area contributed by atoms with Crippen molar-refractivity contribution >= 4 is 12.2 Å². The van der Waals surface area contributed by atoms with Crippen LogP contribution in [0, 0.1) is 4.77 Å². The summed E-state index contributed by atoms with van der Waals surface area (Å²) in [6, 6.07) is 5.76. The monoisotopic (exact) mass is 305 g/mol. The molecule has 6 nitrogen and oxygen atoms in total. The zero-order valence-electron chi connectivity index (χ0n) is 12.0. The predicted molar refractivity (Wildman–Crippen MR) is 82.5 cm³/mol. The Labute approximate surface area is 128 Å². The summed E-state index contributed by atoms with van der Waals surface area (Å²) in [5, 5.41) is 7.16. The van der Waals surface area contributed by atoms with Crippen molar-refractivity contribution in [3.05, 3.63) is 29.2 Å². The van der Waals surface area contributed by atoms with E-state index < -0.39 is 0 Å². The van der Waals surface area contributed by atoms with Gasteiger partial charge in [-0.05, 0) is 30.9 Å². The van der Waals surface area contributed by atoms with Gasteiger partial charge in [0.25, 0.3) is 0 Å². The molecule has 0 aliphatic carbocycles. The molecule has 7 heteroatoms. The maximum absolute atomic E-state index is 5.86. The standard InChI is InChI=1S/C14H19N5OS/c1-2-18-7-8-20-11(9-18)10-19-13(16-17-14(19)21)12-5-3-4-6-15-12/h3-6,11H,2,7-10H2,1H3,(H,17,21). The summed E-state index contributed by atoms with van der Waals surface area (Å²) in [5.41, 5.74) is 0.813. The van der Waals surface area contributed by atoms with Crippen molar-refractivity contribution in [2.24, 2.45) is 0 Å². The third-order valence-electron chi connectivity index (χ3n) is 3.71. The van der Waals surface area contributed by atoms with E-state index in [0.29, 0.717) is 11.3 Å². The minimum Gasteiger partial charge on any atom is -0.374 e. The van der Waals surface area contributed by atoms with Gasteiger partial charge < -0.3 is 4.74 Å². The van der Waals surface area contributed by atoms with Crippen LogP contribution in [-0.2, 0) is 11.3 Å². The molecule has 1 fully saturated rings. The maximum Gasteiger partial charge on any atom is 0.195 e. The van der Waals surface area contributed by atoms with Crippen molar-refractivity contribution in [2.45, 2.75) is 19.6 Å². The number of rotatable bonds is 4. The Kier molecular flexibility index (Phi) is 4.42. The molecule has 0 saturated carbocycles. The maximum atomic E-state index is 5.86. The quantitative estimate of drug-likeness (QED) is 0.872. The third-order valence-corrected chi connectivity index (χ3v) is 4.02. The lowest BCUT2D eigenvalue weighted by Gasteiger charge is -2.32. The highest BCUT2D eigenvalue weighted by Gasteiger charge is 2.21. The zero-order chi connectivity index (χ0) is 14.7. The molecule has 0 spiro atoms. The number of aromatic nitrogens is 4. The largest absolute Gasteiger partial charge is 0.374 e. The molecule has 0 bridgehead atoms. The lowest BCUT2D eigenvalue weighted by atomic mass is 10.2. The van der Waals surface area contributed by atoms with E-state index in [4.69, 9.17) is 17.0 Å². The van der Waals surface area contributed by atoms with Gasteiger partial charge in [0.1, 0.15) is 5.69 Å². The van der Waals surface area contributed by atoms with Crippen molar-refractivity contribution in [1.82, 2.24) is 24.6 Å². The van der Waals surface area contributed by atoms with Gasteiger partial charge in [0, 0.05) is 19.3 Å². The molecule has 1 unspecified atom stereocenters. The average molecular weight is 305 g/mol. The first-order valence-electron chi connectivity index (χ1n) is 7.18. The molecule has 0 radical (unpaired) electrons. The molecule has 3 heterocycles. The fourth-order valence-electron chi connectivity index (χ4n) is 2.56. The molecule has 0 amide bonds. The first-order chi connectivity index (χ1) is 10.3. The second-order valence-electron chi connectivity index (χ2n) is 5.06. The van der Waals surface area contributed by atoms with Crippen molar-refractivity contribution in [3.63, 3.8) is 0 Å². The molecule has 21 heavy (non-hydrogen) atoms. The number of hydrogen-bond donors (Lipinski definition) is 1. The van der Waals surface area contributed by atoms with E-state index in [9.17, 15) is 0 Å². The van der Waals surface area contributed by atoms with Gasteiger partial charge in [-0.3, -0.25) is 19.5 Å². The number of aromatic amines is 1. The Morgan fingerprint density at radius 3 is 3.14 bits per heavy atom. The topological polar surface area (TPSA) is 59.0 Å². The molecular weight excluding hydrogens is 286 g/mol. The summed E-state index contributed by atoms with van der Waals surface area (Å²) < 4.78 is 8.44. The van der Waals surface area contributed by atoms with Crippen molar-refractivity contribution in [2.75, 3.05) is 26.2 Å². The van der Waals surface area contributed by atoms with Gasteiger partial charge in [-0.2, -0.15) is 5.10 Å². The molecule has 3 rings (SSSR count). The van der Waals surface area contributed by atoms with Gasteiger partial charge >= 0.3 is 0 Å². The van der Waals surface area contributed by atoms with Gasteiger partial charge in [-0.25, -0.2) is 0 Å². The fourth-order valence-corrected chi connectivity index (χ4v) is 2.77. The van der Waals surface area contributed by atoms with Crippen molar-refractivity contribution in [3.8, 4) is 11.5 Å². The molecule has 1 saturated heterocycles. The lowest BCUT2D eigenvalue weighted by molar-refractivity contribution is -0.0343. The minimum atomic E-state index is 0.130. The SMILES string of the molecule is CCN1CCOC(Cn2c(-c3ccccn3)n[nH]c2=S)C1. The van der Waals surface area contributed by atoms with E-state index in [0.717, 1.165) is 37.8 Å². The molecule has 0 aromatic carbocycles. The Balaban J connectivity index is 1.83. The molecule has 2 aromatic heterocycles. The minimum absolute atomic E-state index is 0.130. The van der Waals surface area contributed by atoms with Crippen molar-refractivity contribution < 1.29 is 4.74 Å². The van der Waals surface area contributed by atoms with Crippen LogP contribution in [0.3, 0.4) is 0 Å². The van der Waals surface area contributed by atoms with E-state index in [1.165, 1.54) is 0 Å². The molecule has 1 aliphatic rings. The molecule has 1 aliphatic heterocycles. The smallest absolute Gasteiger partial charge is 0.195 e. The summed E-state index contributed by atoms with van der Waals surface area (Å²) >= 11 is 5.35. The Morgan fingerprint density at radius 2 is 2.38 bits per heavy atom. The van der Waals surface area contributed by atoms with E-state index in [-0.39, 0.29) is 6.10 Å². The summed E-state index contributed by atoms with van der Waals surface area (Å²) in [4.78, 5) is 6.73. The molecule has 2 aromatic rings. The van der Waals surface area contributed by atoms with Crippen molar-refractivity contribution in [1.29, 1.82) is 0 Å². The Hall–Kier alpha value is -1.57. The predicted octanol–water partition coefficient (Wildman–Crippen LogP) is 1.72. The highest BCUT2D eigenvalue weighted by molar-refractivity contribution is 7.71. The van der Waals surface area contributed by atoms with Crippen LogP contribution in [0.25, 0.3) is 11.5 Å². The summed E-state index contributed by atoms with van der Waals surface area (Å²) in [7, 11) is 0. The lowest BCUT2D eigenvalue weighted by Crippen LogP contribution is -2.44. The van der Waals surface area contributed by atoms with E-state index in [2.05, 4.69) is 27.0 Å². The van der Waals surface area contributed by atoms with Gasteiger partial charge in [0.15, 0.2) is 10.6 Å². The third kappa shape index (κ3) is 3.20. The van der Waals surface area contributed by atoms with Gasteiger partial charge in [-0.15, -0.1) is 0 Å². The van der Waals surface area contributed by atoms with Crippen LogP contribution < -0.4 is 0 Å². The van der Waals surface area contributed by atoms with Crippen LogP contribution in [0.1, 0.15) is 6.92 Å². The van der Waals surface area contributed by atoms with Crippen LogP contribution in [0.2, 0.25) is 0 Å². The van der Waals surface area contributed by atoms with Gasteiger partial charge in [0.05, 0.1) is 19.3 Å². The summed E-state index contributed by atoms with van der Waals surface area (Å²) in [6.07, 6.45) is 1.89. The number of hydrogen-bond acceptors (Lipinski definition) is 5. The van der Waals surface area contributed by atoms with Crippen LogP contribution >= 0.6 is 12.2 Å². The normalized spacial score (nSPS) is 19.8. The number of nitrogens with zero attached hydrogens (tertiary/aromatic N) is 4. The number of morpholine rings is 1. The Morgan fingerprint density at radius 1 is 1.48 bits per heavy atom. The van der Waals surface area contributed by atoms with E-state index >= 15 is 0 Å². The summed E-state index contributed by atoms with van der Waals surface area (Å²) in [5.74, 6) is 0.762. The number of ether oxygens (including phenoxy) is 1. The first-order valence-corrected chi connectivity index (χ1v) is 7.59. The number of nitrogens with one attached hydrogen (secondary N) is 1. The van der Waals surface area contributed by atoms with Crippen LogP contribution in [0.15, 0.2) is 24.4 Å². The van der Waals surface area contributed by atoms with Crippen LogP contribution in [-0.4, -0.2) is 57.0 Å². The van der Waals surface area contributed by atoms with Crippen LogP contribution in [0.4, 0.5) is 0 Å². The first kappa shape index (κ1) is 14.4. The van der Waals surface area contributed by atoms with Crippen LogP contribution in [0.5, 0.6) is 0 Å². The molecule has 112 valence electrons. The van der Waals surface area contributed by atoms with Gasteiger partial charge in [-0.1, -0.05) is 13.0 Å². The fraction of sp³-hybridized carbons (Fsp3) is 0.500. The molecule has 1 N–H and O–H groups in total.